The minimum Gasteiger partial charge on any atom is -0.471 e. The van der Waals surface area contributed by atoms with Crippen LogP contribution in [-0.4, -0.2) is 16.9 Å². The normalized spacial score (nSPS) is 12.9. The van der Waals surface area contributed by atoms with Crippen LogP contribution < -0.4 is 10.6 Å². The Morgan fingerprint density at radius 1 is 0.759 bits per heavy atom. The fourth-order valence-corrected chi connectivity index (χ4v) is 8.17. The summed E-state index contributed by atoms with van der Waals surface area (Å²) in [5.74, 6) is 1.31. The molecule has 0 saturated carbocycles. The van der Waals surface area contributed by atoms with Crippen LogP contribution in [0, 0.1) is 0 Å². The summed E-state index contributed by atoms with van der Waals surface area (Å²) < 4.78 is 6.68. The lowest BCUT2D eigenvalue weighted by atomic mass is 9.92. The van der Waals surface area contributed by atoms with E-state index in [0.29, 0.717) is 0 Å². The van der Waals surface area contributed by atoms with Gasteiger partial charge in [0.1, 0.15) is 13.8 Å². The van der Waals surface area contributed by atoms with Crippen LogP contribution in [0.15, 0.2) is 4.42 Å². The van der Waals surface area contributed by atoms with Gasteiger partial charge in [-0.1, -0.05) is 125 Å². The molecule has 0 fully saturated rings. The van der Waals surface area contributed by atoms with Crippen LogP contribution in [0.25, 0.3) is 0 Å². The first kappa shape index (κ1) is 26.7. The van der Waals surface area contributed by atoms with E-state index >= 15 is 0 Å². The molecule has 0 spiro atoms. The average Bonchev–Trinajstić information content (AvgIpc) is 3.00. The van der Waals surface area contributed by atoms with E-state index in [1.54, 1.807) is 10.8 Å². The third-order valence-electron chi connectivity index (χ3n) is 6.02. The molecule has 0 unspecified atom stereocenters. The van der Waals surface area contributed by atoms with Gasteiger partial charge in [0, 0.05) is 5.41 Å². The lowest BCUT2D eigenvalue weighted by molar-refractivity contribution is 0.426. The Morgan fingerprint density at radius 2 is 1.21 bits per heavy atom. The molecule has 3 heteroatoms. The molecule has 1 aromatic rings. The number of hydrogen-bond donors (Lipinski definition) is 0. The Balaban J connectivity index is 2.59. The molecule has 170 valence electrons. The van der Waals surface area contributed by atoms with Crippen molar-refractivity contribution in [3.05, 3.63) is 11.3 Å². The predicted octanol–water partition coefficient (Wildman–Crippen LogP) is 7.67. The fraction of sp³-hybridized carbons (Fsp3) is 0.846. The number of hydrogen-bond acceptors (Lipinski definition) is 1. The summed E-state index contributed by atoms with van der Waals surface area (Å²) in [6.07, 6.45) is 16.8. The average molecular weight is 437 g/mol. The highest BCUT2D eigenvalue weighted by atomic mass is 28.3. The molecule has 0 amide bonds. The van der Waals surface area contributed by atoms with E-state index in [9.17, 15) is 0 Å². The molecule has 0 N–H and O–H groups in total. The van der Waals surface area contributed by atoms with Gasteiger partial charge in [-0.15, -0.1) is 0 Å². The van der Waals surface area contributed by atoms with Crippen molar-refractivity contribution in [2.45, 2.75) is 143 Å². The molecular weight excluding hydrogens is 384 g/mol. The molecule has 1 aromatic heterocycles. The van der Waals surface area contributed by atoms with Crippen LogP contribution in [0.1, 0.15) is 110 Å². The second-order valence-corrected chi connectivity index (χ2v) is 19.4. The van der Waals surface area contributed by atoms with E-state index in [-0.39, 0.29) is 5.41 Å². The monoisotopic (exact) mass is 436 g/mol. The molecule has 0 aliphatic heterocycles. The minimum atomic E-state index is -1.46. The van der Waals surface area contributed by atoms with Gasteiger partial charge in [0.05, 0.1) is 14.2 Å². The molecule has 0 aliphatic carbocycles. The van der Waals surface area contributed by atoms with Crippen molar-refractivity contribution in [2.75, 3.05) is 0 Å². The number of furan rings is 1. The summed E-state index contributed by atoms with van der Waals surface area (Å²) in [6, 6.07) is 0. The van der Waals surface area contributed by atoms with E-state index in [1.165, 1.54) is 88.2 Å². The Bertz CT molecular complexity index is 573. The molecule has 0 aliphatic rings. The van der Waals surface area contributed by atoms with Gasteiger partial charge in [0.2, 0.25) is 0 Å². The van der Waals surface area contributed by atoms with Crippen molar-refractivity contribution in [1.29, 1.82) is 0 Å². The molecule has 1 heterocycles. The van der Waals surface area contributed by atoms with Crippen LogP contribution in [0.2, 0.25) is 32.7 Å². The zero-order chi connectivity index (χ0) is 22.1. The summed E-state index contributed by atoms with van der Waals surface area (Å²) in [7, 11) is -2.37. The molecule has 1 nitrogen and oxygen atoms in total. The highest BCUT2D eigenvalue weighted by molar-refractivity contribution is 6.88. The van der Waals surface area contributed by atoms with Gasteiger partial charge in [-0.3, -0.25) is 0 Å². The van der Waals surface area contributed by atoms with Gasteiger partial charge in [-0.05, 0) is 23.6 Å². The van der Waals surface area contributed by atoms with Crippen LogP contribution in [-0.2, 0) is 11.8 Å². The molecule has 1 rings (SSSR count). The van der Waals surface area contributed by atoms with Gasteiger partial charge in [0.25, 0.3) is 0 Å². The Morgan fingerprint density at radius 3 is 1.59 bits per heavy atom. The maximum absolute atomic E-state index is 6.68. The van der Waals surface area contributed by atoms with Crippen molar-refractivity contribution in [1.82, 2.24) is 0 Å². The van der Waals surface area contributed by atoms with Gasteiger partial charge in [-0.25, -0.2) is 0 Å². The lowest BCUT2D eigenvalue weighted by Crippen LogP contribution is -2.41. The van der Waals surface area contributed by atoms with E-state index in [4.69, 9.17) is 4.42 Å². The Labute approximate surface area is 186 Å². The zero-order valence-electron chi connectivity index (χ0n) is 21.5. The zero-order valence-corrected chi connectivity index (χ0v) is 23.6. The molecule has 0 bridgehead atoms. The highest BCUT2D eigenvalue weighted by Crippen LogP contribution is 2.25. The maximum atomic E-state index is 6.68. The second kappa shape index (κ2) is 12.5. The summed E-state index contributed by atoms with van der Waals surface area (Å²) >= 11 is 0. The highest BCUT2D eigenvalue weighted by Gasteiger charge is 2.34. The van der Waals surface area contributed by atoms with E-state index < -0.39 is 16.9 Å². The minimum absolute atomic E-state index is 0.121. The Kier molecular flexibility index (Phi) is 11.6. The van der Waals surface area contributed by atoms with Crippen molar-refractivity contribution in [2.24, 2.45) is 0 Å². The van der Waals surface area contributed by atoms with Gasteiger partial charge in [-0.2, -0.15) is 0 Å². The summed E-state index contributed by atoms with van der Waals surface area (Å²) in [4.78, 5) is 0. The SMILES string of the molecule is CCCCCCCCCCCCCc1c([Si](C)(C)C)oc(C(C)(C)C)c1[SiH](C)C. The number of unbranched alkanes of at least 4 members (excludes halogenated alkanes) is 10. The summed E-state index contributed by atoms with van der Waals surface area (Å²) in [6.45, 7) is 21.6. The van der Waals surface area contributed by atoms with Gasteiger partial charge < -0.3 is 4.42 Å². The number of rotatable bonds is 14. The maximum Gasteiger partial charge on any atom is 0.123 e. The predicted molar refractivity (Wildman–Crippen MR) is 139 cm³/mol. The van der Waals surface area contributed by atoms with Crippen molar-refractivity contribution in [3.63, 3.8) is 0 Å². The van der Waals surface area contributed by atoms with Crippen LogP contribution in [0.5, 0.6) is 0 Å². The van der Waals surface area contributed by atoms with Gasteiger partial charge >= 0.3 is 0 Å². The topological polar surface area (TPSA) is 13.1 Å². The Hall–Kier alpha value is -0.286. The second-order valence-electron chi connectivity index (χ2n) is 11.6. The van der Waals surface area contributed by atoms with E-state index in [0.717, 1.165) is 0 Å². The van der Waals surface area contributed by atoms with Crippen molar-refractivity contribution in [3.8, 4) is 0 Å². The molecule has 0 atom stereocenters. The standard InChI is InChI=1S/C26H52OSi2/c1-10-11-12-13-14-15-16-17-18-19-20-21-22-23(28(5)6)24(26(2,3)4)27-25(22)29(7,8)9/h28H,10-21H2,1-9H3. The molecule has 0 aromatic carbocycles. The van der Waals surface area contributed by atoms with Crippen molar-refractivity contribution >= 4 is 27.4 Å². The summed E-state index contributed by atoms with van der Waals surface area (Å²) in [5.41, 5.74) is 1.77. The quantitative estimate of drug-likeness (QED) is 0.215. The molecule has 0 radical (unpaired) electrons. The molecular formula is C26H52OSi2. The van der Waals surface area contributed by atoms with Crippen LogP contribution >= 0.6 is 0 Å². The lowest BCUT2D eigenvalue weighted by Gasteiger charge is -2.19. The first-order chi connectivity index (χ1) is 13.5. The van der Waals surface area contributed by atoms with E-state index in [1.807, 2.05) is 0 Å². The van der Waals surface area contributed by atoms with Crippen molar-refractivity contribution < 1.29 is 4.42 Å². The third-order valence-corrected chi connectivity index (χ3v) is 9.55. The van der Waals surface area contributed by atoms with Crippen LogP contribution in [0.4, 0.5) is 0 Å². The summed E-state index contributed by atoms with van der Waals surface area (Å²) in [5, 5.41) is 3.08. The first-order valence-corrected chi connectivity index (χ1v) is 19.0. The van der Waals surface area contributed by atoms with Gasteiger partial charge in [0.15, 0.2) is 0 Å². The first-order valence-electron chi connectivity index (χ1n) is 12.7. The van der Waals surface area contributed by atoms with Crippen LogP contribution in [0.3, 0.4) is 0 Å². The smallest absolute Gasteiger partial charge is 0.123 e. The largest absolute Gasteiger partial charge is 0.471 e. The third kappa shape index (κ3) is 9.17. The fourth-order valence-electron chi connectivity index (χ4n) is 4.47. The molecule has 0 saturated heterocycles. The van der Waals surface area contributed by atoms with E-state index in [2.05, 4.69) is 60.4 Å². The molecule has 29 heavy (non-hydrogen) atoms.